The molecule has 21 heavy (non-hydrogen) atoms. The number of rotatable bonds is 3. The average Bonchev–Trinajstić information content (AvgIpc) is 2.49. The molecular formula is C18H24N2O. The zero-order chi connectivity index (χ0) is 14.9. The van der Waals surface area contributed by atoms with E-state index in [9.17, 15) is 0 Å². The Labute approximate surface area is 126 Å². The van der Waals surface area contributed by atoms with Crippen LogP contribution in [-0.2, 0) is 0 Å². The largest absolute Gasteiger partial charge is 0.496 e. The molecular weight excluding hydrogens is 260 g/mol. The third-order valence-electron chi connectivity index (χ3n) is 4.67. The number of hydrogen-bond acceptors (Lipinski definition) is 3. The molecule has 1 fully saturated rings. The Bertz CT molecular complexity index is 626. The first-order valence-corrected chi connectivity index (χ1v) is 7.77. The molecule has 0 bridgehead atoms. The van der Waals surface area contributed by atoms with Gasteiger partial charge in [0.05, 0.1) is 7.11 Å². The predicted octanol–water partition coefficient (Wildman–Crippen LogP) is 4.62. The van der Waals surface area contributed by atoms with Gasteiger partial charge in [0.15, 0.2) is 0 Å². The van der Waals surface area contributed by atoms with Crippen molar-refractivity contribution in [2.24, 2.45) is 5.41 Å². The van der Waals surface area contributed by atoms with E-state index in [0.717, 1.165) is 22.3 Å². The van der Waals surface area contributed by atoms with Crippen molar-refractivity contribution in [3.63, 3.8) is 0 Å². The van der Waals surface area contributed by atoms with Crippen LogP contribution in [0, 0.1) is 5.41 Å². The molecule has 0 unspecified atom stereocenters. The number of fused-ring (bicyclic) bond motifs is 1. The second kappa shape index (κ2) is 5.55. The fourth-order valence-corrected chi connectivity index (χ4v) is 3.21. The molecule has 2 aromatic rings. The van der Waals surface area contributed by atoms with Crippen molar-refractivity contribution in [2.45, 2.75) is 45.6 Å². The number of methoxy groups -OCH3 is 1. The smallest absolute Gasteiger partial charge is 0.134 e. The summed E-state index contributed by atoms with van der Waals surface area (Å²) in [5, 5.41) is 5.91. The Balaban J connectivity index is 1.85. The van der Waals surface area contributed by atoms with Gasteiger partial charge in [-0.25, -0.2) is 4.98 Å². The van der Waals surface area contributed by atoms with E-state index in [1.807, 2.05) is 24.4 Å². The second-order valence-corrected chi connectivity index (χ2v) is 6.80. The van der Waals surface area contributed by atoms with Crippen molar-refractivity contribution in [3.8, 4) is 5.75 Å². The SMILES string of the molecule is COc1cccc2c(NC3CCC(C)(C)CC3)nccc12. The summed E-state index contributed by atoms with van der Waals surface area (Å²) in [5.41, 5.74) is 0.494. The van der Waals surface area contributed by atoms with Gasteiger partial charge in [0.25, 0.3) is 0 Å². The highest BCUT2D eigenvalue weighted by Gasteiger charge is 2.27. The summed E-state index contributed by atoms with van der Waals surface area (Å²) < 4.78 is 5.44. The van der Waals surface area contributed by atoms with Crippen molar-refractivity contribution < 1.29 is 4.74 Å². The zero-order valence-electron chi connectivity index (χ0n) is 13.1. The zero-order valence-corrected chi connectivity index (χ0v) is 13.1. The maximum absolute atomic E-state index is 5.44. The molecule has 0 saturated heterocycles. The lowest BCUT2D eigenvalue weighted by atomic mass is 9.75. The van der Waals surface area contributed by atoms with Crippen molar-refractivity contribution >= 4 is 16.6 Å². The fraction of sp³-hybridized carbons (Fsp3) is 0.500. The first-order valence-electron chi connectivity index (χ1n) is 7.77. The van der Waals surface area contributed by atoms with E-state index < -0.39 is 0 Å². The number of pyridine rings is 1. The van der Waals surface area contributed by atoms with Crippen LogP contribution in [0.2, 0.25) is 0 Å². The minimum absolute atomic E-state index is 0.494. The van der Waals surface area contributed by atoms with Crippen molar-refractivity contribution in [1.29, 1.82) is 0 Å². The highest BCUT2D eigenvalue weighted by Crippen LogP contribution is 2.37. The van der Waals surface area contributed by atoms with Crippen molar-refractivity contribution in [3.05, 3.63) is 30.5 Å². The van der Waals surface area contributed by atoms with E-state index in [0.29, 0.717) is 11.5 Å². The van der Waals surface area contributed by atoms with Crippen LogP contribution in [0.1, 0.15) is 39.5 Å². The van der Waals surface area contributed by atoms with Gasteiger partial charge >= 0.3 is 0 Å². The van der Waals surface area contributed by atoms with Gasteiger partial charge in [-0.1, -0.05) is 26.0 Å². The molecule has 1 aliphatic carbocycles. The van der Waals surface area contributed by atoms with Crippen LogP contribution in [0.25, 0.3) is 10.8 Å². The number of nitrogens with one attached hydrogen (secondary N) is 1. The maximum Gasteiger partial charge on any atom is 0.134 e. The number of nitrogens with zero attached hydrogens (tertiary/aromatic N) is 1. The van der Waals surface area contributed by atoms with Crippen LogP contribution in [0.3, 0.4) is 0 Å². The van der Waals surface area contributed by atoms with Gasteiger partial charge in [-0.15, -0.1) is 0 Å². The Morgan fingerprint density at radius 2 is 1.90 bits per heavy atom. The number of benzene rings is 1. The molecule has 0 amide bonds. The summed E-state index contributed by atoms with van der Waals surface area (Å²) in [4.78, 5) is 4.55. The van der Waals surface area contributed by atoms with Crippen LogP contribution in [0.15, 0.2) is 30.5 Å². The molecule has 112 valence electrons. The average molecular weight is 284 g/mol. The lowest BCUT2D eigenvalue weighted by molar-refractivity contribution is 0.232. The standard InChI is InChI=1S/C18H24N2O/c1-18(2)10-7-13(8-11-18)20-17-15-5-4-6-16(21-3)14(15)9-12-19-17/h4-6,9,12-13H,7-8,10-11H2,1-3H3,(H,19,20). The predicted molar refractivity (Wildman–Crippen MR) is 88.0 cm³/mol. The highest BCUT2D eigenvalue weighted by molar-refractivity contribution is 5.95. The maximum atomic E-state index is 5.44. The van der Waals surface area contributed by atoms with Crippen LogP contribution in [0.5, 0.6) is 5.75 Å². The number of hydrogen-bond donors (Lipinski definition) is 1. The Morgan fingerprint density at radius 1 is 1.14 bits per heavy atom. The third kappa shape index (κ3) is 2.97. The molecule has 3 nitrogen and oxygen atoms in total. The Morgan fingerprint density at radius 3 is 2.62 bits per heavy atom. The van der Waals surface area contributed by atoms with Gasteiger partial charge in [-0.05, 0) is 43.2 Å². The van der Waals surface area contributed by atoms with Gasteiger partial charge in [0, 0.05) is 23.0 Å². The summed E-state index contributed by atoms with van der Waals surface area (Å²) in [7, 11) is 1.71. The van der Waals surface area contributed by atoms with Crippen LogP contribution in [0.4, 0.5) is 5.82 Å². The lowest BCUT2D eigenvalue weighted by Gasteiger charge is -2.35. The van der Waals surface area contributed by atoms with E-state index >= 15 is 0 Å². The minimum Gasteiger partial charge on any atom is -0.496 e. The Hall–Kier alpha value is -1.77. The molecule has 0 atom stereocenters. The molecule has 1 N–H and O–H groups in total. The third-order valence-corrected chi connectivity index (χ3v) is 4.67. The van der Waals surface area contributed by atoms with Gasteiger partial charge in [-0.2, -0.15) is 0 Å². The molecule has 1 aliphatic rings. The molecule has 0 aliphatic heterocycles. The number of anilines is 1. The van der Waals surface area contributed by atoms with E-state index in [1.165, 1.54) is 25.7 Å². The van der Waals surface area contributed by atoms with Crippen molar-refractivity contribution in [1.82, 2.24) is 4.98 Å². The summed E-state index contributed by atoms with van der Waals surface area (Å²) in [6.45, 7) is 4.73. The molecule has 1 saturated carbocycles. The first-order chi connectivity index (χ1) is 10.1. The summed E-state index contributed by atoms with van der Waals surface area (Å²) in [6, 6.07) is 8.68. The van der Waals surface area contributed by atoms with Crippen LogP contribution >= 0.6 is 0 Å². The van der Waals surface area contributed by atoms with Crippen LogP contribution < -0.4 is 10.1 Å². The van der Waals surface area contributed by atoms with Gasteiger partial charge in [0.2, 0.25) is 0 Å². The van der Waals surface area contributed by atoms with Gasteiger partial charge < -0.3 is 10.1 Å². The van der Waals surface area contributed by atoms with Gasteiger partial charge in [0.1, 0.15) is 11.6 Å². The normalized spacial score (nSPS) is 18.6. The van der Waals surface area contributed by atoms with E-state index in [1.54, 1.807) is 7.11 Å². The second-order valence-electron chi connectivity index (χ2n) is 6.80. The monoisotopic (exact) mass is 284 g/mol. The van der Waals surface area contributed by atoms with E-state index in [-0.39, 0.29) is 0 Å². The van der Waals surface area contributed by atoms with Crippen molar-refractivity contribution in [2.75, 3.05) is 12.4 Å². The minimum atomic E-state index is 0.494. The van der Waals surface area contributed by atoms with Crippen LogP contribution in [-0.4, -0.2) is 18.1 Å². The molecule has 3 rings (SSSR count). The number of aromatic nitrogens is 1. The molecule has 1 aromatic carbocycles. The van der Waals surface area contributed by atoms with E-state index in [4.69, 9.17) is 4.74 Å². The molecule has 1 heterocycles. The fourth-order valence-electron chi connectivity index (χ4n) is 3.21. The summed E-state index contributed by atoms with van der Waals surface area (Å²) in [6.07, 6.45) is 6.85. The molecule has 1 aromatic heterocycles. The summed E-state index contributed by atoms with van der Waals surface area (Å²) in [5.74, 6) is 1.89. The summed E-state index contributed by atoms with van der Waals surface area (Å²) >= 11 is 0. The van der Waals surface area contributed by atoms with E-state index in [2.05, 4.69) is 30.2 Å². The molecule has 0 radical (unpaired) electrons. The quantitative estimate of drug-likeness (QED) is 0.892. The number of ether oxygens (including phenoxy) is 1. The molecule has 0 spiro atoms. The first kappa shape index (κ1) is 14.2. The Kier molecular flexibility index (Phi) is 3.75. The molecule has 3 heteroatoms. The highest BCUT2D eigenvalue weighted by atomic mass is 16.5. The van der Waals surface area contributed by atoms with Gasteiger partial charge in [-0.3, -0.25) is 0 Å². The topological polar surface area (TPSA) is 34.1 Å². The lowest BCUT2D eigenvalue weighted by Crippen LogP contribution is -2.30.